The Hall–Kier alpha value is -4.61. The Morgan fingerprint density at radius 3 is 1.78 bits per heavy atom. The number of rotatable bonds is 1. The van der Waals surface area contributed by atoms with Crippen molar-refractivity contribution in [2.24, 2.45) is 0 Å². The first-order valence-corrected chi connectivity index (χ1v) is 12.7. The van der Waals surface area contributed by atoms with Crippen molar-refractivity contribution >= 4 is 0 Å². The Morgan fingerprint density at radius 1 is 0.568 bits per heavy atom. The molecule has 1 heterocycles. The number of fused-ring (bicyclic) bond motifs is 8. The van der Waals surface area contributed by atoms with Gasteiger partial charge in [-0.15, -0.1) is 0 Å². The summed E-state index contributed by atoms with van der Waals surface area (Å²) in [7, 11) is 0. The van der Waals surface area contributed by atoms with Gasteiger partial charge in [-0.3, -0.25) is 0 Å². The molecule has 37 heavy (non-hydrogen) atoms. The van der Waals surface area contributed by atoms with E-state index in [-0.39, 0.29) is 5.41 Å². The molecule has 0 N–H and O–H groups in total. The molecule has 2 aliphatic rings. The van der Waals surface area contributed by atoms with Gasteiger partial charge in [0.25, 0.3) is 0 Å². The molecule has 0 radical (unpaired) electrons. The molecule has 0 bridgehead atoms. The lowest BCUT2D eigenvalue weighted by atomic mass is 9.53. The average molecular weight is 476 g/mol. The first kappa shape index (κ1) is 21.7. The van der Waals surface area contributed by atoms with Crippen LogP contribution in [0.15, 0.2) is 115 Å². The summed E-state index contributed by atoms with van der Waals surface area (Å²) in [6.07, 6.45) is 0. The summed E-state index contributed by atoms with van der Waals surface area (Å²) in [5, 5.41) is 9.73. The van der Waals surface area contributed by atoms with Crippen molar-refractivity contribution in [1.82, 2.24) is 0 Å². The molecule has 0 amide bonds. The van der Waals surface area contributed by atoms with Crippen molar-refractivity contribution in [1.29, 1.82) is 5.26 Å². The van der Waals surface area contributed by atoms with Crippen LogP contribution in [0.5, 0.6) is 11.5 Å². The summed E-state index contributed by atoms with van der Waals surface area (Å²) in [5.41, 5.74) is 9.41. The first-order valence-electron chi connectivity index (χ1n) is 12.7. The lowest BCUT2D eigenvalue weighted by molar-refractivity contribution is 0.425. The molecule has 1 spiro atoms. The molecule has 7 rings (SSSR count). The molecule has 2 nitrogen and oxygen atoms in total. The van der Waals surface area contributed by atoms with Gasteiger partial charge in [0.2, 0.25) is 0 Å². The summed E-state index contributed by atoms with van der Waals surface area (Å²) < 4.78 is 6.64. The lowest BCUT2D eigenvalue weighted by Gasteiger charge is -2.50. The zero-order valence-corrected chi connectivity index (χ0v) is 20.8. The van der Waals surface area contributed by atoms with Crippen LogP contribution < -0.4 is 4.74 Å². The van der Waals surface area contributed by atoms with Crippen molar-refractivity contribution in [3.8, 4) is 28.7 Å². The van der Waals surface area contributed by atoms with E-state index in [1.54, 1.807) is 0 Å². The van der Waals surface area contributed by atoms with Crippen LogP contribution in [0, 0.1) is 11.3 Å². The Kier molecular flexibility index (Phi) is 4.50. The van der Waals surface area contributed by atoms with Gasteiger partial charge in [0.15, 0.2) is 0 Å². The van der Waals surface area contributed by atoms with Crippen LogP contribution in [-0.4, -0.2) is 0 Å². The number of nitrogens with zero attached hydrogens (tertiary/aromatic N) is 1. The summed E-state index contributed by atoms with van der Waals surface area (Å²) in [6.45, 7) is 4.65. The SMILES string of the molecule is CC1(C)c2ccccc2C2(c3ccccc3Oc3cc(-c4ccccc4C#N)ccc32)c2ccccc21. The van der Waals surface area contributed by atoms with Crippen molar-refractivity contribution in [2.75, 3.05) is 0 Å². The van der Waals surface area contributed by atoms with E-state index in [0.29, 0.717) is 5.56 Å². The highest BCUT2D eigenvalue weighted by molar-refractivity contribution is 5.79. The Morgan fingerprint density at radius 2 is 1.11 bits per heavy atom. The molecular weight excluding hydrogens is 450 g/mol. The summed E-state index contributed by atoms with van der Waals surface area (Å²) in [6, 6.07) is 42.7. The molecular formula is C35H25NO. The zero-order valence-electron chi connectivity index (χ0n) is 20.8. The van der Waals surface area contributed by atoms with Crippen molar-refractivity contribution in [3.63, 3.8) is 0 Å². The predicted molar refractivity (Wildman–Crippen MR) is 147 cm³/mol. The fourth-order valence-electron chi connectivity index (χ4n) is 6.63. The number of hydrogen-bond donors (Lipinski definition) is 0. The molecule has 0 unspecified atom stereocenters. The van der Waals surface area contributed by atoms with Crippen LogP contribution in [0.1, 0.15) is 52.8 Å². The fraction of sp³-hybridized carbons (Fsp3) is 0.114. The van der Waals surface area contributed by atoms with E-state index in [9.17, 15) is 5.26 Å². The number of benzene rings is 5. The maximum Gasteiger partial charge on any atom is 0.132 e. The van der Waals surface area contributed by atoms with E-state index in [0.717, 1.165) is 33.8 Å². The quantitative estimate of drug-likeness (QED) is 0.239. The smallest absolute Gasteiger partial charge is 0.132 e. The normalized spacial score (nSPS) is 15.4. The van der Waals surface area contributed by atoms with Gasteiger partial charge in [0.05, 0.1) is 17.0 Å². The zero-order chi connectivity index (χ0) is 25.2. The molecule has 0 fully saturated rings. The molecule has 176 valence electrons. The van der Waals surface area contributed by atoms with E-state index < -0.39 is 5.41 Å². The van der Waals surface area contributed by atoms with Crippen LogP contribution in [0.25, 0.3) is 11.1 Å². The van der Waals surface area contributed by atoms with Crippen LogP contribution in [0.3, 0.4) is 0 Å². The van der Waals surface area contributed by atoms with Gasteiger partial charge < -0.3 is 4.74 Å². The standard InChI is InChI=1S/C35H25NO/c1-34(2)26-13-5-7-15-28(26)35(29-16-8-6-14-27(29)34)30-17-9-10-18-32(30)37-33-21-23(19-20-31(33)35)25-12-4-3-11-24(25)22-36/h3-21H,1-2H3. The number of ether oxygens (including phenoxy) is 1. The second kappa shape index (κ2) is 7.69. The highest BCUT2D eigenvalue weighted by atomic mass is 16.5. The monoisotopic (exact) mass is 475 g/mol. The summed E-state index contributed by atoms with van der Waals surface area (Å²) in [4.78, 5) is 0. The number of para-hydroxylation sites is 1. The minimum atomic E-state index is -0.514. The molecule has 5 aromatic carbocycles. The molecule has 1 aliphatic carbocycles. The van der Waals surface area contributed by atoms with E-state index in [4.69, 9.17) is 4.74 Å². The Labute approximate surface area is 217 Å². The topological polar surface area (TPSA) is 33.0 Å². The van der Waals surface area contributed by atoms with E-state index in [1.165, 1.54) is 22.3 Å². The molecule has 0 saturated carbocycles. The molecule has 5 aromatic rings. The first-order chi connectivity index (χ1) is 18.1. The second-order valence-electron chi connectivity index (χ2n) is 10.4. The van der Waals surface area contributed by atoms with Crippen molar-refractivity contribution < 1.29 is 4.74 Å². The van der Waals surface area contributed by atoms with E-state index in [1.807, 2.05) is 30.3 Å². The van der Waals surface area contributed by atoms with Gasteiger partial charge >= 0.3 is 0 Å². The molecule has 0 atom stereocenters. The number of hydrogen-bond acceptors (Lipinski definition) is 2. The molecule has 0 saturated heterocycles. The summed E-state index contributed by atoms with van der Waals surface area (Å²) in [5.74, 6) is 1.69. The van der Waals surface area contributed by atoms with Crippen LogP contribution >= 0.6 is 0 Å². The third kappa shape index (κ3) is 2.80. The van der Waals surface area contributed by atoms with Gasteiger partial charge in [0, 0.05) is 16.5 Å². The third-order valence-corrected chi connectivity index (χ3v) is 8.26. The lowest BCUT2D eigenvalue weighted by Crippen LogP contribution is -2.43. The minimum Gasteiger partial charge on any atom is -0.457 e. The number of nitriles is 1. The maximum absolute atomic E-state index is 9.73. The highest BCUT2D eigenvalue weighted by Gasteiger charge is 2.52. The van der Waals surface area contributed by atoms with Gasteiger partial charge in [0.1, 0.15) is 11.5 Å². The third-order valence-electron chi connectivity index (χ3n) is 8.26. The molecule has 0 aromatic heterocycles. The molecule has 2 heteroatoms. The van der Waals surface area contributed by atoms with Crippen LogP contribution in [0.2, 0.25) is 0 Å². The average Bonchev–Trinajstić information content (AvgIpc) is 2.95. The van der Waals surface area contributed by atoms with E-state index in [2.05, 4.69) is 105 Å². The van der Waals surface area contributed by atoms with Gasteiger partial charge in [-0.1, -0.05) is 111 Å². The largest absolute Gasteiger partial charge is 0.457 e. The minimum absolute atomic E-state index is 0.141. The fourth-order valence-corrected chi connectivity index (χ4v) is 6.63. The molecule has 1 aliphatic heterocycles. The Bertz CT molecular complexity index is 1700. The predicted octanol–water partition coefficient (Wildman–Crippen LogP) is 8.35. The Balaban J connectivity index is 1.61. The van der Waals surface area contributed by atoms with Gasteiger partial charge in [-0.05, 0) is 51.6 Å². The van der Waals surface area contributed by atoms with E-state index >= 15 is 0 Å². The summed E-state index contributed by atoms with van der Waals surface area (Å²) >= 11 is 0. The van der Waals surface area contributed by atoms with Gasteiger partial charge in [-0.25, -0.2) is 0 Å². The van der Waals surface area contributed by atoms with Crippen LogP contribution in [-0.2, 0) is 10.8 Å². The maximum atomic E-state index is 9.73. The van der Waals surface area contributed by atoms with Gasteiger partial charge in [-0.2, -0.15) is 5.26 Å². The van der Waals surface area contributed by atoms with Crippen molar-refractivity contribution in [3.05, 3.63) is 154 Å². The van der Waals surface area contributed by atoms with Crippen molar-refractivity contribution in [2.45, 2.75) is 24.7 Å². The van der Waals surface area contributed by atoms with Crippen LogP contribution in [0.4, 0.5) is 0 Å². The second-order valence-corrected chi connectivity index (χ2v) is 10.4. The highest BCUT2D eigenvalue weighted by Crippen LogP contribution is 2.61.